The second-order valence-electron chi connectivity index (χ2n) is 6.17. The van der Waals surface area contributed by atoms with Crippen LogP contribution in [0.2, 0.25) is 0 Å². The molecule has 1 heterocycles. The molecule has 1 aliphatic heterocycles. The molecular weight excluding hydrogens is 396 g/mol. The molecule has 0 radical (unpaired) electrons. The SMILES string of the molecule is C/C(=N/NC(=S)Nc1ccccc1)c1ccc(S(=O)(=O)N2CCOCC2)cc1. The quantitative estimate of drug-likeness (QED) is 0.441. The van der Waals surface area contributed by atoms with Crippen LogP contribution in [-0.2, 0) is 14.8 Å². The maximum Gasteiger partial charge on any atom is 0.243 e. The first-order chi connectivity index (χ1) is 13.5. The molecule has 148 valence electrons. The molecule has 9 heteroatoms. The molecule has 2 aromatic rings. The van der Waals surface area contributed by atoms with Gasteiger partial charge < -0.3 is 10.1 Å². The van der Waals surface area contributed by atoms with Gasteiger partial charge in [-0.2, -0.15) is 9.41 Å². The van der Waals surface area contributed by atoms with Crippen molar-refractivity contribution >= 4 is 38.8 Å². The number of sulfonamides is 1. The molecule has 0 spiro atoms. The van der Waals surface area contributed by atoms with Crippen molar-refractivity contribution < 1.29 is 13.2 Å². The maximum atomic E-state index is 12.7. The summed E-state index contributed by atoms with van der Waals surface area (Å²) in [5.74, 6) is 0. The number of nitrogens with one attached hydrogen (secondary N) is 2. The lowest BCUT2D eigenvalue weighted by Crippen LogP contribution is -2.40. The molecule has 1 aliphatic rings. The van der Waals surface area contributed by atoms with Gasteiger partial charge in [0.2, 0.25) is 10.0 Å². The lowest BCUT2D eigenvalue weighted by atomic mass is 10.1. The van der Waals surface area contributed by atoms with Crippen molar-refractivity contribution in [2.45, 2.75) is 11.8 Å². The zero-order chi connectivity index (χ0) is 20.0. The van der Waals surface area contributed by atoms with Crippen LogP contribution in [0.3, 0.4) is 0 Å². The van der Waals surface area contributed by atoms with E-state index in [0.29, 0.717) is 37.1 Å². The van der Waals surface area contributed by atoms with E-state index in [-0.39, 0.29) is 4.90 Å². The first kappa shape index (κ1) is 20.4. The predicted octanol–water partition coefficient (Wildman–Crippen LogP) is 2.42. The van der Waals surface area contributed by atoms with Crippen LogP contribution in [-0.4, -0.2) is 49.9 Å². The lowest BCUT2D eigenvalue weighted by Gasteiger charge is -2.26. The van der Waals surface area contributed by atoms with Crippen LogP contribution in [0, 0.1) is 0 Å². The Morgan fingerprint density at radius 2 is 1.71 bits per heavy atom. The van der Waals surface area contributed by atoms with Crippen LogP contribution in [0.25, 0.3) is 0 Å². The van der Waals surface area contributed by atoms with Crippen LogP contribution in [0.15, 0.2) is 64.6 Å². The Hall–Kier alpha value is -2.33. The number of thiocarbonyl (C=S) groups is 1. The molecule has 0 aromatic heterocycles. The summed E-state index contributed by atoms with van der Waals surface area (Å²) in [6, 6.07) is 16.2. The van der Waals surface area contributed by atoms with Gasteiger partial charge in [0.05, 0.1) is 23.8 Å². The minimum absolute atomic E-state index is 0.264. The molecule has 0 saturated carbocycles. The van der Waals surface area contributed by atoms with E-state index in [1.54, 1.807) is 24.3 Å². The van der Waals surface area contributed by atoms with Crippen LogP contribution in [0.1, 0.15) is 12.5 Å². The summed E-state index contributed by atoms with van der Waals surface area (Å²) in [4.78, 5) is 0.264. The van der Waals surface area contributed by atoms with Gasteiger partial charge in [-0.1, -0.05) is 30.3 Å². The largest absolute Gasteiger partial charge is 0.379 e. The molecule has 0 aliphatic carbocycles. The molecule has 1 fully saturated rings. The van der Waals surface area contributed by atoms with Crippen molar-refractivity contribution in [2.24, 2.45) is 5.10 Å². The topological polar surface area (TPSA) is 83.0 Å². The van der Waals surface area contributed by atoms with Crippen molar-refractivity contribution in [1.82, 2.24) is 9.73 Å². The average molecular weight is 419 g/mol. The zero-order valence-corrected chi connectivity index (χ0v) is 17.1. The van der Waals surface area contributed by atoms with Crippen molar-refractivity contribution in [3.63, 3.8) is 0 Å². The Morgan fingerprint density at radius 1 is 1.07 bits per heavy atom. The number of hydrogen-bond donors (Lipinski definition) is 2. The van der Waals surface area contributed by atoms with E-state index in [1.165, 1.54) is 4.31 Å². The van der Waals surface area contributed by atoms with Crippen LogP contribution < -0.4 is 10.7 Å². The Kier molecular flexibility index (Phi) is 6.74. The van der Waals surface area contributed by atoms with Crippen molar-refractivity contribution in [1.29, 1.82) is 0 Å². The summed E-state index contributed by atoms with van der Waals surface area (Å²) in [6.07, 6.45) is 0. The molecule has 2 N–H and O–H groups in total. The maximum absolute atomic E-state index is 12.7. The number of para-hydroxylation sites is 1. The highest BCUT2D eigenvalue weighted by molar-refractivity contribution is 7.89. The number of anilines is 1. The fourth-order valence-electron chi connectivity index (χ4n) is 2.68. The molecule has 0 atom stereocenters. The van der Waals surface area contributed by atoms with Crippen molar-refractivity contribution in [3.05, 3.63) is 60.2 Å². The van der Waals surface area contributed by atoms with E-state index >= 15 is 0 Å². The van der Waals surface area contributed by atoms with E-state index in [9.17, 15) is 8.42 Å². The molecule has 3 rings (SSSR count). The highest BCUT2D eigenvalue weighted by Gasteiger charge is 2.26. The molecule has 0 bridgehead atoms. The number of nitrogens with zero attached hydrogens (tertiary/aromatic N) is 2. The summed E-state index contributed by atoms with van der Waals surface area (Å²) < 4.78 is 32.0. The monoisotopic (exact) mass is 418 g/mol. The Bertz CT molecular complexity index is 939. The van der Waals surface area contributed by atoms with Gasteiger partial charge in [-0.15, -0.1) is 0 Å². The number of morpholine rings is 1. The Morgan fingerprint density at radius 3 is 2.36 bits per heavy atom. The minimum atomic E-state index is -3.50. The minimum Gasteiger partial charge on any atom is -0.379 e. The highest BCUT2D eigenvalue weighted by atomic mass is 32.2. The van der Waals surface area contributed by atoms with Gasteiger partial charge in [-0.05, 0) is 49.0 Å². The van der Waals surface area contributed by atoms with Gasteiger partial charge in [0.1, 0.15) is 0 Å². The van der Waals surface area contributed by atoms with Gasteiger partial charge in [0.15, 0.2) is 5.11 Å². The van der Waals surface area contributed by atoms with E-state index in [2.05, 4.69) is 15.8 Å². The van der Waals surface area contributed by atoms with Crippen molar-refractivity contribution in [3.8, 4) is 0 Å². The predicted molar refractivity (Wildman–Crippen MR) is 114 cm³/mol. The first-order valence-corrected chi connectivity index (χ1v) is 10.7. The molecular formula is C19H22N4O3S2. The summed E-state index contributed by atoms with van der Waals surface area (Å²) in [5.41, 5.74) is 5.15. The van der Waals surface area contributed by atoms with E-state index < -0.39 is 10.0 Å². The number of hydrogen-bond acceptors (Lipinski definition) is 5. The lowest BCUT2D eigenvalue weighted by molar-refractivity contribution is 0.0730. The Balaban J connectivity index is 1.63. The fraction of sp³-hybridized carbons (Fsp3) is 0.263. The molecule has 7 nitrogen and oxygen atoms in total. The standard InChI is InChI=1S/C19H22N4O3S2/c1-15(21-22-19(27)20-17-5-3-2-4-6-17)16-7-9-18(10-8-16)28(24,25)23-11-13-26-14-12-23/h2-10H,11-14H2,1H3,(H2,20,22,27)/b21-15-. The second kappa shape index (κ2) is 9.24. The average Bonchev–Trinajstić information content (AvgIpc) is 2.73. The second-order valence-corrected chi connectivity index (χ2v) is 8.52. The third-order valence-corrected chi connectivity index (χ3v) is 6.34. The molecule has 2 aromatic carbocycles. The zero-order valence-electron chi connectivity index (χ0n) is 15.5. The van der Waals surface area contributed by atoms with E-state index in [0.717, 1.165) is 11.3 Å². The van der Waals surface area contributed by atoms with E-state index in [4.69, 9.17) is 17.0 Å². The summed E-state index contributed by atoms with van der Waals surface area (Å²) >= 11 is 5.22. The third kappa shape index (κ3) is 5.14. The smallest absolute Gasteiger partial charge is 0.243 e. The molecule has 0 amide bonds. The summed E-state index contributed by atoms with van der Waals surface area (Å²) in [6.45, 7) is 3.42. The van der Waals surface area contributed by atoms with E-state index in [1.807, 2.05) is 37.3 Å². The fourth-order valence-corrected chi connectivity index (χ4v) is 4.26. The normalized spacial score (nSPS) is 15.8. The molecule has 28 heavy (non-hydrogen) atoms. The molecule has 0 unspecified atom stereocenters. The van der Waals surface area contributed by atoms with Gasteiger partial charge >= 0.3 is 0 Å². The molecule has 1 saturated heterocycles. The first-order valence-electron chi connectivity index (χ1n) is 8.81. The van der Waals surface area contributed by atoms with Crippen LogP contribution in [0.5, 0.6) is 0 Å². The van der Waals surface area contributed by atoms with Crippen molar-refractivity contribution in [2.75, 3.05) is 31.6 Å². The number of benzene rings is 2. The van der Waals surface area contributed by atoms with Gasteiger partial charge in [0.25, 0.3) is 0 Å². The number of rotatable bonds is 5. The summed E-state index contributed by atoms with van der Waals surface area (Å²) in [5, 5.41) is 7.66. The van der Waals surface area contributed by atoms with Gasteiger partial charge in [-0.25, -0.2) is 8.42 Å². The Labute approximate surface area is 170 Å². The van der Waals surface area contributed by atoms with Gasteiger partial charge in [0, 0.05) is 18.8 Å². The summed E-state index contributed by atoms with van der Waals surface area (Å²) in [7, 11) is -3.50. The number of hydrazone groups is 1. The third-order valence-electron chi connectivity index (χ3n) is 4.24. The highest BCUT2D eigenvalue weighted by Crippen LogP contribution is 2.18. The van der Waals surface area contributed by atoms with Gasteiger partial charge in [-0.3, -0.25) is 5.43 Å². The number of ether oxygens (including phenoxy) is 1. The van der Waals surface area contributed by atoms with Crippen LogP contribution in [0.4, 0.5) is 5.69 Å². The van der Waals surface area contributed by atoms with Crippen LogP contribution >= 0.6 is 12.2 Å².